The van der Waals surface area contributed by atoms with Crippen LogP contribution in [0.5, 0.6) is 0 Å². The Kier molecular flexibility index (Phi) is 27.5. The van der Waals surface area contributed by atoms with E-state index >= 15 is 0 Å². The summed E-state index contributed by atoms with van der Waals surface area (Å²) in [4.78, 5) is 10.7. The van der Waals surface area contributed by atoms with Gasteiger partial charge in [0.1, 0.15) is 5.84 Å². The lowest BCUT2D eigenvalue weighted by molar-refractivity contribution is 0.518. The predicted molar refractivity (Wildman–Crippen MR) is 250 cm³/mol. The average Bonchev–Trinajstić information content (AvgIpc) is 3.22. The first kappa shape index (κ1) is 48.1. The monoisotopic (exact) mass is 754 g/mol. The first-order chi connectivity index (χ1) is 26.9. The van der Waals surface area contributed by atoms with Gasteiger partial charge >= 0.3 is 0 Å². The van der Waals surface area contributed by atoms with Crippen LogP contribution in [0, 0.1) is 11.8 Å². The summed E-state index contributed by atoms with van der Waals surface area (Å²) in [5, 5.41) is 0. The fourth-order valence-electron chi connectivity index (χ4n) is 5.34. The van der Waals surface area contributed by atoms with Crippen molar-refractivity contribution in [1.82, 2.24) is 0 Å². The SMILES string of the molecule is C=C/C=C\C(C/C=C/C(=C\Cc1ccc(/C(=C/CC)N=CCC)cc1)C(N)=NCc1ccccc1SC)C(C)/C=C\C=C/C.C=CCc1ccccc1.CC. The van der Waals surface area contributed by atoms with Crippen molar-refractivity contribution in [3.63, 3.8) is 0 Å². The first-order valence-electron chi connectivity index (χ1n) is 19.7. The number of amidine groups is 1. The molecule has 292 valence electrons. The molecule has 2 N–H and O–H groups in total. The van der Waals surface area contributed by atoms with Crippen molar-refractivity contribution >= 4 is 29.5 Å². The van der Waals surface area contributed by atoms with Gasteiger partial charge in [0.05, 0.1) is 12.2 Å². The number of benzene rings is 3. The molecule has 0 aliphatic heterocycles. The van der Waals surface area contributed by atoms with Gasteiger partial charge in [-0.2, -0.15) is 0 Å². The summed E-state index contributed by atoms with van der Waals surface area (Å²) in [6.07, 6.45) is 33.7. The number of thioether (sulfide) groups is 1. The lowest BCUT2D eigenvalue weighted by Crippen LogP contribution is -2.15. The van der Waals surface area contributed by atoms with Crippen LogP contribution >= 0.6 is 11.8 Å². The molecule has 0 aromatic heterocycles. The number of hydrogen-bond acceptors (Lipinski definition) is 3. The molecule has 0 heterocycles. The molecule has 0 saturated carbocycles. The standard InChI is InChI=1S/C40H51N3S.C9H10.C2H6/c1-7-11-13-18-32(5)34(19-12-8-2)21-16-22-36(40(41)43-31-37-20-14-15-23-39(37)44-6)29-26-33-24-27-35(28-25-33)38(17-9-3)42-30-10-4;1-2-6-9-7-4-3-5-8-9;1-2/h7-8,11-20,22-25,27-30,32,34H,2,9-10,21,26,31H2,1,3-6H3,(H2,41,43);2-5,7-8H,1,6H2;1-2H3/b11-7-,18-13-,19-12-,22-16+,36-29+,38-17-,42-30?;;. The van der Waals surface area contributed by atoms with Gasteiger partial charge in [-0.15, -0.1) is 18.3 Å². The third-order valence-corrected chi connectivity index (χ3v) is 9.18. The number of aliphatic imine (C=N–C) groups is 2. The van der Waals surface area contributed by atoms with Crippen molar-refractivity contribution in [2.45, 2.75) is 85.1 Å². The molecule has 2 unspecified atom stereocenters. The van der Waals surface area contributed by atoms with E-state index in [9.17, 15) is 0 Å². The smallest absolute Gasteiger partial charge is 0.125 e. The fraction of sp³-hybridized carbons (Fsp3) is 0.294. The predicted octanol–water partition coefficient (Wildman–Crippen LogP) is 14.2. The second kappa shape index (κ2) is 31.4. The van der Waals surface area contributed by atoms with Gasteiger partial charge in [0.2, 0.25) is 0 Å². The number of hydrogen-bond donors (Lipinski definition) is 1. The van der Waals surface area contributed by atoms with E-state index < -0.39 is 0 Å². The summed E-state index contributed by atoms with van der Waals surface area (Å²) in [7, 11) is 0. The summed E-state index contributed by atoms with van der Waals surface area (Å²) < 4.78 is 0. The van der Waals surface area contributed by atoms with E-state index in [1.165, 1.54) is 21.6 Å². The van der Waals surface area contributed by atoms with E-state index in [1.807, 2.05) is 69.5 Å². The molecule has 3 nitrogen and oxygen atoms in total. The molecule has 0 radical (unpaired) electrons. The van der Waals surface area contributed by atoms with Crippen LogP contribution in [0.1, 0.15) is 83.1 Å². The van der Waals surface area contributed by atoms with Crippen LogP contribution in [0.15, 0.2) is 185 Å². The molecule has 55 heavy (non-hydrogen) atoms. The highest BCUT2D eigenvalue weighted by Gasteiger charge is 2.10. The minimum atomic E-state index is 0.340. The van der Waals surface area contributed by atoms with E-state index in [0.29, 0.717) is 24.2 Å². The van der Waals surface area contributed by atoms with Crippen LogP contribution in [-0.2, 0) is 19.4 Å². The molecule has 4 heteroatoms. The molecular weight excluding hydrogens is 687 g/mol. The summed E-state index contributed by atoms with van der Waals surface area (Å²) in [6, 6.07) is 27.3. The van der Waals surface area contributed by atoms with Crippen LogP contribution in [0.25, 0.3) is 5.70 Å². The average molecular weight is 754 g/mol. The van der Waals surface area contributed by atoms with E-state index in [0.717, 1.165) is 48.9 Å². The van der Waals surface area contributed by atoms with Gasteiger partial charge in [0, 0.05) is 16.7 Å². The van der Waals surface area contributed by atoms with Crippen LogP contribution in [0.2, 0.25) is 0 Å². The Morgan fingerprint density at radius 3 is 2.15 bits per heavy atom. The molecule has 3 aromatic carbocycles. The third kappa shape index (κ3) is 20.4. The summed E-state index contributed by atoms with van der Waals surface area (Å²) >= 11 is 1.73. The Bertz CT molecular complexity index is 1730. The van der Waals surface area contributed by atoms with E-state index in [2.05, 4.69) is 154 Å². The zero-order chi connectivity index (χ0) is 40.5. The maximum Gasteiger partial charge on any atom is 0.125 e. The van der Waals surface area contributed by atoms with E-state index in [-0.39, 0.29) is 0 Å². The number of rotatable bonds is 20. The highest BCUT2D eigenvalue weighted by molar-refractivity contribution is 7.98. The van der Waals surface area contributed by atoms with Gasteiger partial charge < -0.3 is 5.73 Å². The number of nitrogens with two attached hydrogens (primary N) is 1. The second-order valence-corrected chi connectivity index (χ2v) is 13.3. The second-order valence-electron chi connectivity index (χ2n) is 12.5. The van der Waals surface area contributed by atoms with Crippen LogP contribution < -0.4 is 5.73 Å². The lowest BCUT2D eigenvalue weighted by atomic mass is 9.89. The van der Waals surface area contributed by atoms with Gasteiger partial charge in [0.25, 0.3) is 0 Å². The Hall–Kier alpha value is -4.93. The Morgan fingerprint density at radius 2 is 1.51 bits per heavy atom. The molecule has 0 bridgehead atoms. The van der Waals surface area contributed by atoms with Crippen LogP contribution in [-0.4, -0.2) is 18.3 Å². The molecule has 2 atom stereocenters. The minimum absolute atomic E-state index is 0.340. The van der Waals surface area contributed by atoms with Gasteiger partial charge in [-0.05, 0) is 85.4 Å². The topological polar surface area (TPSA) is 50.7 Å². The highest BCUT2D eigenvalue weighted by Crippen LogP contribution is 2.23. The van der Waals surface area contributed by atoms with Crippen LogP contribution in [0.4, 0.5) is 0 Å². The summed E-state index contributed by atoms with van der Waals surface area (Å²) in [6.45, 7) is 20.6. The summed E-state index contributed by atoms with van der Waals surface area (Å²) in [5.74, 6) is 1.27. The highest BCUT2D eigenvalue weighted by atomic mass is 32.2. The number of nitrogens with zero attached hydrogens (tertiary/aromatic N) is 2. The summed E-state index contributed by atoms with van der Waals surface area (Å²) in [5.41, 5.74) is 13.5. The number of allylic oxidation sites excluding steroid dienone is 11. The Balaban J connectivity index is 0.00000118. The molecule has 0 spiro atoms. The van der Waals surface area contributed by atoms with Crippen molar-refractivity contribution in [2.75, 3.05) is 6.26 Å². The molecule has 0 aliphatic rings. The van der Waals surface area contributed by atoms with E-state index in [4.69, 9.17) is 10.7 Å². The lowest BCUT2D eigenvalue weighted by Gasteiger charge is -2.16. The van der Waals surface area contributed by atoms with Crippen molar-refractivity contribution in [3.8, 4) is 0 Å². The maximum atomic E-state index is 6.66. The Labute approximate surface area is 339 Å². The van der Waals surface area contributed by atoms with Crippen molar-refractivity contribution in [3.05, 3.63) is 193 Å². The fourth-order valence-corrected chi connectivity index (χ4v) is 5.95. The van der Waals surface area contributed by atoms with Crippen LogP contribution in [0.3, 0.4) is 0 Å². The van der Waals surface area contributed by atoms with Crippen molar-refractivity contribution < 1.29 is 0 Å². The molecule has 3 rings (SSSR count). The van der Waals surface area contributed by atoms with Gasteiger partial charge in [-0.3, -0.25) is 9.98 Å². The van der Waals surface area contributed by atoms with Gasteiger partial charge in [-0.25, -0.2) is 0 Å². The normalized spacial score (nSPS) is 13.5. The minimum Gasteiger partial charge on any atom is -0.384 e. The first-order valence-corrected chi connectivity index (χ1v) is 21.0. The molecule has 0 aliphatic carbocycles. The zero-order valence-corrected chi connectivity index (χ0v) is 35.5. The quantitative estimate of drug-likeness (QED) is 0.0411. The molecule has 0 saturated heterocycles. The molecule has 0 amide bonds. The van der Waals surface area contributed by atoms with Crippen molar-refractivity contribution in [1.29, 1.82) is 0 Å². The van der Waals surface area contributed by atoms with Gasteiger partial charge in [0.15, 0.2) is 0 Å². The molecule has 3 aromatic rings. The van der Waals surface area contributed by atoms with Crippen molar-refractivity contribution in [2.24, 2.45) is 27.6 Å². The Morgan fingerprint density at radius 1 is 0.818 bits per heavy atom. The maximum absolute atomic E-state index is 6.66. The van der Waals surface area contributed by atoms with Gasteiger partial charge in [-0.1, -0.05) is 187 Å². The molecule has 0 fully saturated rings. The zero-order valence-electron chi connectivity index (χ0n) is 34.7. The van der Waals surface area contributed by atoms with E-state index in [1.54, 1.807) is 11.8 Å². The molecular formula is C51H67N3S. The largest absolute Gasteiger partial charge is 0.384 e. The third-order valence-electron chi connectivity index (χ3n) is 8.34.